The second-order valence-electron chi connectivity index (χ2n) is 10.3. The highest BCUT2D eigenvalue weighted by Crippen LogP contribution is 2.42. The molecule has 0 bridgehead atoms. The standard InChI is InChI=1S/C32H33NO6/c1-19(2)18-38-26-14-8-11-23(17-26)29(34)27-28(22-10-6-9-21(5)15-22)33(31(36)30(27)35)25-13-7-12-24(16-25)32(37)39-20(3)4/h6-17,19-20,28,34H,18H2,1-5H3/b29-27+. The number of carbonyl (C=O) groups excluding carboxylic acids is 3. The first-order valence-electron chi connectivity index (χ1n) is 13.0. The molecule has 1 saturated heterocycles. The van der Waals surface area contributed by atoms with Crippen LogP contribution in [0, 0.1) is 12.8 Å². The fourth-order valence-corrected chi connectivity index (χ4v) is 4.47. The zero-order valence-corrected chi connectivity index (χ0v) is 22.8. The van der Waals surface area contributed by atoms with Gasteiger partial charge in [-0.15, -0.1) is 0 Å². The van der Waals surface area contributed by atoms with E-state index in [1.807, 2.05) is 45.0 Å². The van der Waals surface area contributed by atoms with Crippen molar-refractivity contribution < 1.29 is 29.0 Å². The first-order chi connectivity index (χ1) is 18.6. The van der Waals surface area contributed by atoms with Gasteiger partial charge in [-0.2, -0.15) is 0 Å². The first kappa shape index (κ1) is 27.6. The van der Waals surface area contributed by atoms with Crippen molar-refractivity contribution in [2.24, 2.45) is 5.92 Å². The van der Waals surface area contributed by atoms with E-state index in [-0.39, 0.29) is 23.0 Å². The summed E-state index contributed by atoms with van der Waals surface area (Å²) in [6.07, 6.45) is -0.317. The minimum Gasteiger partial charge on any atom is -0.507 e. The lowest BCUT2D eigenvalue weighted by molar-refractivity contribution is -0.132. The summed E-state index contributed by atoms with van der Waals surface area (Å²) in [7, 11) is 0. The molecule has 3 aromatic rings. The molecule has 0 radical (unpaired) electrons. The number of hydrogen-bond donors (Lipinski definition) is 1. The molecular weight excluding hydrogens is 494 g/mol. The lowest BCUT2D eigenvalue weighted by Gasteiger charge is -2.26. The van der Waals surface area contributed by atoms with E-state index in [2.05, 4.69) is 0 Å². The molecule has 1 atom stereocenters. The Balaban J connectivity index is 1.85. The molecule has 0 saturated carbocycles. The van der Waals surface area contributed by atoms with Gasteiger partial charge in [0.1, 0.15) is 11.5 Å². The average Bonchev–Trinajstić information content (AvgIpc) is 3.17. The third kappa shape index (κ3) is 6.03. The Morgan fingerprint density at radius 2 is 1.62 bits per heavy atom. The van der Waals surface area contributed by atoms with E-state index in [1.165, 1.54) is 11.0 Å². The number of esters is 1. The lowest BCUT2D eigenvalue weighted by Crippen LogP contribution is -2.29. The minimum absolute atomic E-state index is 0.0400. The monoisotopic (exact) mass is 527 g/mol. The number of aliphatic hydroxyl groups excluding tert-OH is 1. The van der Waals surface area contributed by atoms with Gasteiger partial charge in [-0.25, -0.2) is 4.79 Å². The van der Waals surface area contributed by atoms with Crippen LogP contribution in [0.15, 0.2) is 78.4 Å². The second-order valence-corrected chi connectivity index (χ2v) is 10.3. The van der Waals surface area contributed by atoms with Crippen molar-refractivity contribution in [3.8, 4) is 5.75 Å². The van der Waals surface area contributed by atoms with Gasteiger partial charge in [0.05, 0.1) is 29.9 Å². The van der Waals surface area contributed by atoms with Crippen LogP contribution in [0.4, 0.5) is 5.69 Å². The summed E-state index contributed by atoms with van der Waals surface area (Å²) in [4.78, 5) is 40.9. The SMILES string of the molecule is Cc1cccc(C2/C(=C(\O)c3cccc(OCC(C)C)c3)C(=O)C(=O)N2c2cccc(C(=O)OC(C)C)c2)c1. The highest BCUT2D eigenvalue weighted by Gasteiger charge is 2.47. The van der Waals surface area contributed by atoms with Gasteiger partial charge in [0.25, 0.3) is 11.7 Å². The molecule has 1 amide bonds. The number of benzene rings is 3. The lowest BCUT2D eigenvalue weighted by atomic mass is 9.94. The Morgan fingerprint density at radius 3 is 2.31 bits per heavy atom. The number of carbonyl (C=O) groups is 3. The number of ether oxygens (including phenoxy) is 2. The number of rotatable bonds is 8. The molecule has 1 fully saturated rings. The molecule has 1 aliphatic rings. The molecule has 1 heterocycles. The quantitative estimate of drug-likeness (QED) is 0.162. The molecule has 7 nitrogen and oxygen atoms in total. The van der Waals surface area contributed by atoms with Crippen molar-refractivity contribution >= 4 is 29.1 Å². The summed E-state index contributed by atoms with van der Waals surface area (Å²) >= 11 is 0. The van der Waals surface area contributed by atoms with E-state index < -0.39 is 23.7 Å². The molecule has 0 spiro atoms. The maximum Gasteiger partial charge on any atom is 0.338 e. The number of aliphatic hydroxyl groups is 1. The van der Waals surface area contributed by atoms with Crippen LogP contribution in [0.5, 0.6) is 5.75 Å². The molecule has 0 aromatic heterocycles. The molecule has 3 aromatic carbocycles. The Morgan fingerprint density at radius 1 is 0.923 bits per heavy atom. The van der Waals surface area contributed by atoms with Crippen molar-refractivity contribution in [2.45, 2.75) is 46.8 Å². The van der Waals surface area contributed by atoms with Gasteiger partial charge in [0.15, 0.2) is 0 Å². The van der Waals surface area contributed by atoms with E-state index in [4.69, 9.17) is 9.47 Å². The van der Waals surface area contributed by atoms with E-state index >= 15 is 0 Å². The molecule has 0 aliphatic carbocycles. The zero-order valence-electron chi connectivity index (χ0n) is 22.8. The van der Waals surface area contributed by atoms with Gasteiger partial charge >= 0.3 is 5.97 Å². The minimum atomic E-state index is -0.915. The largest absolute Gasteiger partial charge is 0.507 e. The van der Waals surface area contributed by atoms with E-state index in [0.717, 1.165) is 5.56 Å². The van der Waals surface area contributed by atoms with Gasteiger partial charge in [0, 0.05) is 11.3 Å². The Labute approximate surface area is 228 Å². The summed E-state index contributed by atoms with van der Waals surface area (Å²) in [5.41, 5.74) is 2.49. The predicted molar refractivity (Wildman–Crippen MR) is 150 cm³/mol. The van der Waals surface area contributed by atoms with E-state index in [1.54, 1.807) is 56.3 Å². The molecule has 1 unspecified atom stereocenters. The van der Waals surface area contributed by atoms with Crippen LogP contribution in [0.25, 0.3) is 5.76 Å². The third-order valence-electron chi connectivity index (χ3n) is 6.20. The molecule has 202 valence electrons. The van der Waals surface area contributed by atoms with Crippen LogP contribution in [-0.4, -0.2) is 35.5 Å². The molecule has 4 rings (SSSR count). The highest BCUT2D eigenvalue weighted by atomic mass is 16.5. The Kier molecular flexibility index (Phi) is 8.19. The van der Waals surface area contributed by atoms with Crippen LogP contribution in [-0.2, 0) is 14.3 Å². The number of hydrogen-bond acceptors (Lipinski definition) is 6. The summed E-state index contributed by atoms with van der Waals surface area (Å²) in [5, 5.41) is 11.5. The topological polar surface area (TPSA) is 93.1 Å². The fraction of sp³-hybridized carbons (Fsp3) is 0.281. The van der Waals surface area contributed by atoms with Crippen LogP contribution < -0.4 is 9.64 Å². The van der Waals surface area contributed by atoms with E-state index in [0.29, 0.717) is 35.1 Å². The normalized spacial score (nSPS) is 16.7. The Hall–Kier alpha value is -4.39. The van der Waals surface area contributed by atoms with Gasteiger partial charge in [0.2, 0.25) is 0 Å². The predicted octanol–water partition coefficient (Wildman–Crippen LogP) is 6.22. The van der Waals surface area contributed by atoms with Crippen LogP contribution in [0.3, 0.4) is 0 Å². The summed E-state index contributed by atoms with van der Waals surface area (Å²) in [5.74, 6) is -1.60. The molecular formula is C32H33NO6. The number of amides is 1. The number of nitrogens with zero attached hydrogens (tertiary/aromatic N) is 1. The van der Waals surface area contributed by atoms with Gasteiger partial charge < -0.3 is 14.6 Å². The van der Waals surface area contributed by atoms with E-state index in [9.17, 15) is 19.5 Å². The molecule has 39 heavy (non-hydrogen) atoms. The van der Waals surface area contributed by atoms with Gasteiger partial charge in [-0.05, 0) is 62.6 Å². The molecule has 1 N–H and O–H groups in total. The molecule has 7 heteroatoms. The third-order valence-corrected chi connectivity index (χ3v) is 6.20. The number of Topliss-reactive ketones (excluding diaryl/α,β-unsaturated/α-hetero) is 1. The summed E-state index contributed by atoms with van der Waals surface area (Å²) in [6, 6.07) is 19.7. The van der Waals surface area contributed by atoms with Crippen LogP contribution in [0.1, 0.15) is 60.8 Å². The zero-order chi connectivity index (χ0) is 28.3. The highest BCUT2D eigenvalue weighted by molar-refractivity contribution is 6.51. The van der Waals surface area contributed by atoms with Crippen molar-refractivity contribution in [1.29, 1.82) is 0 Å². The smallest absolute Gasteiger partial charge is 0.338 e. The van der Waals surface area contributed by atoms with Crippen molar-refractivity contribution in [2.75, 3.05) is 11.5 Å². The summed E-state index contributed by atoms with van der Waals surface area (Å²) in [6.45, 7) is 9.97. The van der Waals surface area contributed by atoms with Crippen LogP contribution in [0.2, 0.25) is 0 Å². The number of anilines is 1. The van der Waals surface area contributed by atoms with Crippen molar-refractivity contribution in [3.63, 3.8) is 0 Å². The van der Waals surface area contributed by atoms with Crippen LogP contribution >= 0.6 is 0 Å². The van der Waals surface area contributed by atoms with Gasteiger partial charge in [-0.3, -0.25) is 14.5 Å². The number of ketones is 1. The maximum absolute atomic E-state index is 13.5. The molecule has 1 aliphatic heterocycles. The number of aryl methyl sites for hydroxylation is 1. The van der Waals surface area contributed by atoms with Gasteiger partial charge in [-0.1, -0.05) is 61.9 Å². The van der Waals surface area contributed by atoms with Crippen molar-refractivity contribution in [3.05, 3.63) is 101 Å². The second kappa shape index (κ2) is 11.6. The first-order valence-corrected chi connectivity index (χ1v) is 13.0. The van der Waals surface area contributed by atoms with Crippen molar-refractivity contribution in [1.82, 2.24) is 0 Å². The maximum atomic E-state index is 13.5. The average molecular weight is 528 g/mol. The Bertz CT molecular complexity index is 1440. The summed E-state index contributed by atoms with van der Waals surface area (Å²) < 4.78 is 11.1. The fourth-order valence-electron chi connectivity index (χ4n) is 4.47.